The van der Waals surface area contributed by atoms with Crippen molar-refractivity contribution in [2.24, 2.45) is 5.10 Å². The molecule has 0 aliphatic rings. The zero-order valence-electron chi connectivity index (χ0n) is 23.8. The number of amides is 2. The highest BCUT2D eigenvalue weighted by Gasteiger charge is 2.14. The van der Waals surface area contributed by atoms with Gasteiger partial charge in [0.15, 0.2) is 11.5 Å². The van der Waals surface area contributed by atoms with Crippen LogP contribution in [0, 0.1) is 6.92 Å². The summed E-state index contributed by atoms with van der Waals surface area (Å²) in [6.45, 7) is 6.50. The molecule has 0 atom stereocenters. The molecule has 220 valence electrons. The molecule has 43 heavy (non-hydrogen) atoms. The molecule has 9 nitrogen and oxygen atoms in total. The summed E-state index contributed by atoms with van der Waals surface area (Å²) >= 11 is 3.40. The maximum absolute atomic E-state index is 12.9. The quantitative estimate of drug-likeness (QED) is 0.0805. The van der Waals surface area contributed by atoms with Crippen molar-refractivity contribution in [1.82, 2.24) is 5.43 Å². The maximum Gasteiger partial charge on any atom is 0.343 e. The zero-order chi connectivity index (χ0) is 30.8. The van der Waals surface area contributed by atoms with Gasteiger partial charge >= 0.3 is 5.97 Å². The third-order valence-electron chi connectivity index (χ3n) is 5.99. The number of carbonyl (C=O) groups is 3. The molecule has 0 aromatic heterocycles. The van der Waals surface area contributed by atoms with E-state index in [-0.39, 0.29) is 17.2 Å². The monoisotopic (exact) mass is 643 g/mol. The highest BCUT2D eigenvalue weighted by molar-refractivity contribution is 9.10. The molecule has 4 aromatic carbocycles. The second kappa shape index (κ2) is 14.8. The van der Waals surface area contributed by atoms with Crippen LogP contribution in [-0.4, -0.2) is 37.2 Å². The number of hydrazone groups is 1. The molecule has 2 amide bonds. The standard InChI is InChI=1S/C33H30BrN3O6/c1-4-41-29-14-12-23(19-30(29)42-5-2)31(38)36-27-11-7-9-22(18-27)32(39)37-35-20-25-17-26(34)13-15-28(25)43-33(40)24-10-6-8-21(3)16-24/h6-20H,4-5H2,1-3H3,(H,36,38)(H,37,39). The first-order valence-corrected chi connectivity index (χ1v) is 14.3. The zero-order valence-corrected chi connectivity index (χ0v) is 25.4. The lowest BCUT2D eigenvalue weighted by Crippen LogP contribution is -2.18. The van der Waals surface area contributed by atoms with E-state index in [2.05, 4.69) is 31.8 Å². The number of aryl methyl sites for hydroxylation is 1. The van der Waals surface area contributed by atoms with Crippen molar-refractivity contribution in [3.05, 3.63) is 117 Å². The Balaban J connectivity index is 1.42. The molecule has 0 saturated carbocycles. The highest BCUT2D eigenvalue weighted by Crippen LogP contribution is 2.29. The number of esters is 1. The molecule has 2 N–H and O–H groups in total. The summed E-state index contributed by atoms with van der Waals surface area (Å²) in [6.07, 6.45) is 1.38. The molecular formula is C33H30BrN3O6. The number of ether oxygens (including phenoxy) is 3. The first-order chi connectivity index (χ1) is 20.8. The lowest BCUT2D eigenvalue weighted by atomic mass is 10.1. The number of nitrogens with one attached hydrogen (secondary N) is 2. The molecule has 0 saturated heterocycles. The number of hydrogen-bond acceptors (Lipinski definition) is 7. The predicted octanol–water partition coefficient (Wildman–Crippen LogP) is 6.79. The van der Waals surface area contributed by atoms with Crippen LogP contribution in [0.25, 0.3) is 0 Å². The average molecular weight is 645 g/mol. The van der Waals surface area contributed by atoms with Crippen LogP contribution in [0.4, 0.5) is 5.69 Å². The molecule has 4 aromatic rings. The van der Waals surface area contributed by atoms with Gasteiger partial charge in [-0.1, -0.05) is 39.7 Å². The minimum Gasteiger partial charge on any atom is -0.490 e. The van der Waals surface area contributed by atoms with Gasteiger partial charge in [0.25, 0.3) is 11.8 Å². The van der Waals surface area contributed by atoms with Crippen LogP contribution < -0.4 is 25.0 Å². The second-order valence-corrected chi connectivity index (χ2v) is 10.1. The Bertz CT molecular complexity index is 1670. The molecule has 10 heteroatoms. The molecule has 4 rings (SSSR count). The smallest absolute Gasteiger partial charge is 0.343 e. The molecule has 0 aliphatic carbocycles. The van der Waals surface area contributed by atoms with E-state index < -0.39 is 11.9 Å². The van der Waals surface area contributed by atoms with Crippen LogP contribution in [-0.2, 0) is 0 Å². The lowest BCUT2D eigenvalue weighted by molar-refractivity contribution is 0.0733. The van der Waals surface area contributed by atoms with E-state index in [1.54, 1.807) is 72.8 Å². The van der Waals surface area contributed by atoms with E-state index in [4.69, 9.17) is 14.2 Å². The normalized spacial score (nSPS) is 10.7. The number of anilines is 1. The van der Waals surface area contributed by atoms with Crippen molar-refractivity contribution in [2.45, 2.75) is 20.8 Å². The van der Waals surface area contributed by atoms with E-state index in [0.717, 1.165) is 10.0 Å². The van der Waals surface area contributed by atoms with Gasteiger partial charge in [0, 0.05) is 26.9 Å². The fourth-order valence-corrected chi connectivity index (χ4v) is 4.38. The van der Waals surface area contributed by atoms with Crippen LogP contribution in [0.2, 0.25) is 0 Å². The summed E-state index contributed by atoms with van der Waals surface area (Å²) in [5.41, 5.74) is 5.37. The highest BCUT2D eigenvalue weighted by atomic mass is 79.9. The van der Waals surface area contributed by atoms with Crippen molar-refractivity contribution in [3.63, 3.8) is 0 Å². The van der Waals surface area contributed by atoms with Gasteiger partial charge in [-0.15, -0.1) is 0 Å². The Morgan fingerprint density at radius 3 is 2.23 bits per heavy atom. The third-order valence-corrected chi connectivity index (χ3v) is 6.48. The summed E-state index contributed by atoms with van der Waals surface area (Å²) in [4.78, 5) is 38.4. The van der Waals surface area contributed by atoms with Gasteiger partial charge < -0.3 is 19.5 Å². The molecule has 0 heterocycles. The number of halogens is 1. The minimum atomic E-state index is -0.511. The number of rotatable bonds is 11. The summed E-state index contributed by atoms with van der Waals surface area (Å²) in [5, 5.41) is 6.85. The van der Waals surface area contributed by atoms with Crippen LogP contribution in [0.15, 0.2) is 94.5 Å². The Labute approximate surface area is 258 Å². The first-order valence-electron chi connectivity index (χ1n) is 13.5. The van der Waals surface area contributed by atoms with Gasteiger partial charge in [0.1, 0.15) is 5.75 Å². The third kappa shape index (κ3) is 8.52. The van der Waals surface area contributed by atoms with E-state index in [0.29, 0.717) is 47.1 Å². The topological polar surface area (TPSA) is 115 Å². The van der Waals surface area contributed by atoms with Gasteiger partial charge in [-0.3, -0.25) is 9.59 Å². The first kappa shape index (κ1) is 31.0. The average Bonchev–Trinajstić information content (AvgIpc) is 2.99. The SMILES string of the molecule is CCOc1ccc(C(=O)Nc2cccc(C(=O)NN=Cc3cc(Br)ccc3OC(=O)c3cccc(C)c3)c2)cc1OCC. The number of hydrogen-bond donors (Lipinski definition) is 2. The molecule has 0 fully saturated rings. The van der Waals surface area contributed by atoms with Gasteiger partial charge in [-0.2, -0.15) is 5.10 Å². The molecule has 0 spiro atoms. The van der Waals surface area contributed by atoms with E-state index in [1.807, 2.05) is 26.8 Å². The van der Waals surface area contributed by atoms with Gasteiger partial charge in [0.2, 0.25) is 0 Å². The Morgan fingerprint density at radius 2 is 1.47 bits per heavy atom. The van der Waals surface area contributed by atoms with Gasteiger partial charge in [-0.05, 0) is 87.5 Å². The summed E-state index contributed by atoms with van der Waals surface area (Å²) in [6, 6.07) is 23.6. The van der Waals surface area contributed by atoms with Crippen LogP contribution in [0.3, 0.4) is 0 Å². The molecule has 0 unspecified atom stereocenters. The van der Waals surface area contributed by atoms with Crippen molar-refractivity contribution >= 4 is 45.6 Å². The fourth-order valence-electron chi connectivity index (χ4n) is 4.00. The lowest BCUT2D eigenvalue weighted by Gasteiger charge is -2.12. The Morgan fingerprint density at radius 1 is 0.767 bits per heavy atom. The van der Waals surface area contributed by atoms with E-state index in [9.17, 15) is 14.4 Å². The summed E-state index contributed by atoms with van der Waals surface area (Å²) in [5.74, 6) is -0.0782. The molecular weight excluding hydrogens is 614 g/mol. The second-order valence-electron chi connectivity index (χ2n) is 9.20. The van der Waals surface area contributed by atoms with Crippen molar-refractivity contribution in [3.8, 4) is 17.2 Å². The number of nitrogens with zero attached hydrogens (tertiary/aromatic N) is 1. The molecule has 0 aliphatic heterocycles. The van der Waals surface area contributed by atoms with Crippen molar-refractivity contribution < 1.29 is 28.6 Å². The number of benzene rings is 4. The van der Waals surface area contributed by atoms with Crippen LogP contribution in [0.1, 0.15) is 56.0 Å². The van der Waals surface area contributed by atoms with Crippen molar-refractivity contribution in [2.75, 3.05) is 18.5 Å². The Kier molecular flexibility index (Phi) is 10.7. The fraction of sp³-hybridized carbons (Fsp3) is 0.152. The largest absolute Gasteiger partial charge is 0.490 e. The van der Waals surface area contributed by atoms with Crippen LogP contribution in [0.5, 0.6) is 17.2 Å². The van der Waals surface area contributed by atoms with Crippen molar-refractivity contribution in [1.29, 1.82) is 0 Å². The van der Waals surface area contributed by atoms with Gasteiger partial charge in [0.05, 0.1) is 25.0 Å². The Hall–Kier alpha value is -4.96. The maximum atomic E-state index is 12.9. The predicted molar refractivity (Wildman–Crippen MR) is 169 cm³/mol. The minimum absolute atomic E-state index is 0.275. The van der Waals surface area contributed by atoms with Crippen LogP contribution >= 0.6 is 15.9 Å². The summed E-state index contributed by atoms with van der Waals surface area (Å²) < 4.78 is 17.5. The van der Waals surface area contributed by atoms with E-state index >= 15 is 0 Å². The molecule has 0 radical (unpaired) electrons. The van der Waals surface area contributed by atoms with E-state index in [1.165, 1.54) is 12.3 Å². The molecule has 0 bridgehead atoms. The van der Waals surface area contributed by atoms with Gasteiger partial charge in [-0.25, -0.2) is 10.2 Å². The summed E-state index contributed by atoms with van der Waals surface area (Å²) in [7, 11) is 0. The number of carbonyl (C=O) groups excluding carboxylic acids is 3.